The van der Waals surface area contributed by atoms with Crippen LogP contribution in [0.4, 0.5) is 5.69 Å². The number of furan rings is 1. The highest BCUT2D eigenvalue weighted by atomic mass is 16.3. The summed E-state index contributed by atoms with van der Waals surface area (Å²) in [6.45, 7) is 6.11. The maximum atomic E-state index is 13.2. The predicted octanol–water partition coefficient (Wildman–Crippen LogP) is 4.89. The van der Waals surface area contributed by atoms with Gasteiger partial charge in [-0.05, 0) is 68.1 Å². The number of hydrogen-bond donors (Lipinski definition) is 1. The molecule has 2 aromatic carbocycles. The van der Waals surface area contributed by atoms with Crippen molar-refractivity contribution in [3.8, 4) is 0 Å². The summed E-state index contributed by atoms with van der Waals surface area (Å²) in [5.41, 5.74) is 5.01. The molecule has 0 bridgehead atoms. The Morgan fingerprint density at radius 1 is 1.00 bits per heavy atom. The van der Waals surface area contributed by atoms with Crippen LogP contribution in [0.15, 0.2) is 70.1 Å². The van der Waals surface area contributed by atoms with E-state index in [0.717, 1.165) is 33.3 Å². The SMILES string of the molecule is Cc1ccc(N(Cc2cc3cc(C)ccc3[nH]c2=O)C(=O)c2ccco2)c(C)c1. The second-order valence-electron chi connectivity index (χ2n) is 7.37. The number of H-pyrrole nitrogens is 1. The molecule has 146 valence electrons. The Morgan fingerprint density at radius 3 is 2.48 bits per heavy atom. The number of rotatable bonds is 4. The lowest BCUT2D eigenvalue weighted by molar-refractivity contribution is 0.0958. The predicted molar refractivity (Wildman–Crippen MR) is 114 cm³/mol. The van der Waals surface area contributed by atoms with Gasteiger partial charge in [0, 0.05) is 16.8 Å². The third kappa shape index (κ3) is 3.72. The molecule has 1 amide bonds. The Hall–Kier alpha value is -3.60. The first kappa shape index (κ1) is 18.7. The number of anilines is 1. The molecule has 0 aliphatic heterocycles. The maximum absolute atomic E-state index is 13.2. The van der Waals surface area contributed by atoms with Gasteiger partial charge in [0.2, 0.25) is 0 Å². The summed E-state index contributed by atoms with van der Waals surface area (Å²) >= 11 is 0. The zero-order chi connectivity index (χ0) is 20.5. The number of amides is 1. The summed E-state index contributed by atoms with van der Waals surface area (Å²) in [4.78, 5) is 30.4. The van der Waals surface area contributed by atoms with Crippen molar-refractivity contribution in [2.45, 2.75) is 27.3 Å². The molecular weight excluding hydrogens is 364 g/mol. The molecule has 0 atom stereocenters. The molecule has 4 rings (SSSR count). The van der Waals surface area contributed by atoms with Crippen molar-refractivity contribution in [1.29, 1.82) is 0 Å². The summed E-state index contributed by atoms with van der Waals surface area (Å²) in [5, 5.41) is 0.936. The minimum atomic E-state index is -0.286. The van der Waals surface area contributed by atoms with Crippen molar-refractivity contribution in [1.82, 2.24) is 4.98 Å². The van der Waals surface area contributed by atoms with Crippen molar-refractivity contribution in [3.63, 3.8) is 0 Å². The van der Waals surface area contributed by atoms with Gasteiger partial charge in [0.15, 0.2) is 5.76 Å². The lowest BCUT2D eigenvalue weighted by Gasteiger charge is -2.24. The number of carbonyl (C=O) groups excluding carboxylic acids is 1. The van der Waals surface area contributed by atoms with Crippen LogP contribution >= 0.6 is 0 Å². The fraction of sp³-hybridized carbons (Fsp3) is 0.167. The highest BCUT2D eigenvalue weighted by Crippen LogP contribution is 2.25. The van der Waals surface area contributed by atoms with Crippen LogP contribution in [0, 0.1) is 20.8 Å². The lowest BCUT2D eigenvalue weighted by Crippen LogP contribution is -2.33. The van der Waals surface area contributed by atoms with Gasteiger partial charge >= 0.3 is 0 Å². The molecule has 0 aliphatic carbocycles. The molecule has 0 spiro atoms. The standard InChI is InChI=1S/C24H22N2O3/c1-15-7-9-21(17(3)11-15)26(24(28)22-5-4-10-29-22)14-19-13-18-12-16(2)6-8-20(18)25-23(19)27/h4-13H,14H2,1-3H3,(H,25,27). The highest BCUT2D eigenvalue weighted by molar-refractivity contribution is 6.04. The van der Waals surface area contributed by atoms with Gasteiger partial charge in [0.1, 0.15) is 0 Å². The molecule has 0 radical (unpaired) electrons. The number of benzene rings is 2. The van der Waals surface area contributed by atoms with Crippen LogP contribution in [0.2, 0.25) is 0 Å². The molecule has 0 saturated heterocycles. The number of nitrogens with one attached hydrogen (secondary N) is 1. The van der Waals surface area contributed by atoms with E-state index in [9.17, 15) is 9.59 Å². The van der Waals surface area contributed by atoms with Crippen molar-refractivity contribution < 1.29 is 9.21 Å². The van der Waals surface area contributed by atoms with E-state index in [1.807, 2.05) is 63.2 Å². The number of fused-ring (bicyclic) bond motifs is 1. The highest BCUT2D eigenvalue weighted by Gasteiger charge is 2.23. The molecule has 0 saturated carbocycles. The van der Waals surface area contributed by atoms with Gasteiger partial charge in [-0.3, -0.25) is 9.59 Å². The number of aromatic amines is 1. The van der Waals surface area contributed by atoms with Gasteiger partial charge in [0.25, 0.3) is 11.5 Å². The van der Waals surface area contributed by atoms with Crippen LogP contribution in [-0.2, 0) is 6.54 Å². The van der Waals surface area contributed by atoms with E-state index >= 15 is 0 Å². The molecule has 2 aromatic heterocycles. The van der Waals surface area contributed by atoms with Crippen molar-refractivity contribution in [2.75, 3.05) is 4.90 Å². The zero-order valence-electron chi connectivity index (χ0n) is 16.7. The Kier molecular flexibility index (Phi) is 4.80. The van der Waals surface area contributed by atoms with Gasteiger partial charge in [-0.25, -0.2) is 0 Å². The molecule has 2 heterocycles. The first-order chi connectivity index (χ1) is 13.9. The number of nitrogens with zero attached hydrogens (tertiary/aromatic N) is 1. The molecule has 29 heavy (non-hydrogen) atoms. The zero-order valence-corrected chi connectivity index (χ0v) is 16.7. The number of aromatic nitrogens is 1. The summed E-state index contributed by atoms with van der Waals surface area (Å²) in [5.74, 6) is -0.0521. The normalized spacial score (nSPS) is 11.0. The third-order valence-electron chi connectivity index (χ3n) is 5.03. The average molecular weight is 386 g/mol. The average Bonchev–Trinajstić information content (AvgIpc) is 3.21. The molecule has 0 aliphatic rings. The van der Waals surface area contributed by atoms with Gasteiger partial charge < -0.3 is 14.3 Å². The minimum absolute atomic E-state index is 0.142. The molecule has 0 unspecified atom stereocenters. The Bertz CT molecular complexity index is 1250. The van der Waals surface area contributed by atoms with E-state index in [2.05, 4.69) is 4.98 Å². The quantitative estimate of drug-likeness (QED) is 0.543. The molecule has 5 nitrogen and oxygen atoms in total. The van der Waals surface area contributed by atoms with Crippen LogP contribution in [0.5, 0.6) is 0 Å². The van der Waals surface area contributed by atoms with E-state index in [4.69, 9.17) is 4.42 Å². The third-order valence-corrected chi connectivity index (χ3v) is 5.03. The van der Waals surface area contributed by atoms with E-state index < -0.39 is 0 Å². The maximum Gasteiger partial charge on any atom is 0.294 e. The number of carbonyl (C=O) groups is 1. The molecule has 1 N–H and O–H groups in total. The first-order valence-electron chi connectivity index (χ1n) is 9.47. The Balaban J connectivity index is 1.81. The van der Waals surface area contributed by atoms with Gasteiger partial charge in [-0.1, -0.05) is 29.3 Å². The van der Waals surface area contributed by atoms with Crippen LogP contribution in [0.25, 0.3) is 10.9 Å². The van der Waals surface area contributed by atoms with Crippen molar-refractivity contribution >= 4 is 22.5 Å². The van der Waals surface area contributed by atoms with Gasteiger partial charge in [0.05, 0.1) is 12.8 Å². The molecule has 5 heteroatoms. The van der Waals surface area contributed by atoms with E-state index in [1.165, 1.54) is 6.26 Å². The Labute approximate surface area is 168 Å². The topological polar surface area (TPSA) is 66.3 Å². The van der Waals surface area contributed by atoms with E-state index in [-0.39, 0.29) is 23.8 Å². The van der Waals surface area contributed by atoms with E-state index in [0.29, 0.717) is 5.56 Å². The van der Waals surface area contributed by atoms with Crippen LogP contribution < -0.4 is 10.5 Å². The molecular formula is C24H22N2O3. The fourth-order valence-electron chi connectivity index (χ4n) is 3.57. The van der Waals surface area contributed by atoms with Gasteiger partial charge in [-0.2, -0.15) is 0 Å². The molecule has 4 aromatic rings. The second-order valence-corrected chi connectivity index (χ2v) is 7.37. The van der Waals surface area contributed by atoms with Crippen LogP contribution in [0.3, 0.4) is 0 Å². The van der Waals surface area contributed by atoms with Crippen LogP contribution in [-0.4, -0.2) is 10.9 Å². The monoisotopic (exact) mass is 386 g/mol. The Morgan fingerprint density at radius 2 is 1.76 bits per heavy atom. The smallest absolute Gasteiger partial charge is 0.294 e. The van der Waals surface area contributed by atoms with Crippen molar-refractivity contribution in [3.05, 3.63) is 99.2 Å². The number of aryl methyl sites for hydroxylation is 3. The van der Waals surface area contributed by atoms with E-state index in [1.54, 1.807) is 17.0 Å². The number of pyridine rings is 1. The largest absolute Gasteiger partial charge is 0.459 e. The summed E-state index contributed by atoms with van der Waals surface area (Å²) in [7, 11) is 0. The fourth-order valence-corrected chi connectivity index (χ4v) is 3.57. The first-order valence-corrected chi connectivity index (χ1v) is 9.47. The second kappa shape index (κ2) is 7.43. The summed E-state index contributed by atoms with van der Waals surface area (Å²) in [6.07, 6.45) is 1.47. The number of hydrogen-bond acceptors (Lipinski definition) is 3. The minimum Gasteiger partial charge on any atom is -0.459 e. The summed E-state index contributed by atoms with van der Waals surface area (Å²) in [6, 6.07) is 16.9. The lowest BCUT2D eigenvalue weighted by atomic mass is 10.1. The summed E-state index contributed by atoms with van der Waals surface area (Å²) < 4.78 is 5.34. The van der Waals surface area contributed by atoms with Crippen LogP contribution in [0.1, 0.15) is 32.8 Å². The molecule has 0 fully saturated rings. The van der Waals surface area contributed by atoms with Crippen molar-refractivity contribution in [2.24, 2.45) is 0 Å². The van der Waals surface area contributed by atoms with Gasteiger partial charge in [-0.15, -0.1) is 0 Å².